The number of carbonyl (C=O) groups is 1. The molecule has 0 bridgehead atoms. The Morgan fingerprint density at radius 2 is 2.00 bits per heavy atom. The van der Waals surface area contributed by atoms with Gasteiger partial charge in [0.1, 0.15) is 0 Å². The molecule has 1 aliphatic heterocycles. The highest BCUT2D eigenvalue weighted by molar-refractivity contribution is 7.91. The minimum absolute atomic E-state index is 0.0141. The van der Waals surface area contributed by atoms with Crippen LogP contribution in [0.15, 0.2) is 40.2 Å². The maximum absolute atomic E-state index is 12.6. The minimum Gasteiger partial charge on any atom is -0.357 e. The molecule has 1 amide bonds. The summed E-state index contributed by atoms with van der Waals surface area (Å²) in [5.74, 6) is 0.858. The summed E-state index contributed by atoms with van der Waals surface area (Å²) in [6.07, 6.45) is 3.06. The number of sulfone groups is 1. The van der Waals surface area contributed by atoms with E-state index in [2.05, 4.69) is 15.6 Å². The number of aliphatic imine (C=N–C) groups is 1. The second-order valence-electron chi connectivity index (χ2n) is 6.94. The zero-order valence-corrected chi connectivity index (χ0v) is 17.7. The number of rotatable bonds is 10. The van der Waals surface area contributed by atoms with Gasteiger partial charge in [0.25, 0.3) is 0 Å². The largest absolute Gasteiger partial charge is 0.357 e. The Bertz CT molecular complexity index is 750. The molecule has 28 heavy (non-hydrogen) atoms. The lowest BCUT2D eigenvalue weighted by molar-refractivity contribution is -0.127. The number of nitrogens with zero attached hydrogens (tertiary/aromatic N) is 2. The van der Waals surface area contributed by atoms with E-state index in [4.69, 9.17) is 0 Å². The highest BCUT2D eigenvalue weighted by atomic mass is 32.2. The molecule has 1 atom stereocenters. The quantitative estimate of drug-likeness (QED) is 0.350. The Morgan fingerprint density at radius 1 is 1.25 bits per heavy atom. The Labute approximate surface area is 168 Å². The van der Waals surface area contributed by atoms with Crippen LogP contribution in [0.3, 0.4) is 0 Å². The first-order valence-electron chi connectivity index (χ1n) is 10.1. The van der Waals surface area contributed by atoms with Crippen LogP contribution in [-0.2, 0) is 14.6 Å². The van der Waals surface area contributed by atoms with E-state index in [0.717, 1.165) is 25.9 Å². The molecule has 1 unspecified atom stereocenters. The van der Waals surface area contributed by atoms with Crippen molar-refractivity contribution in [3.63, 3.8) is 0 Å². The monoisotopic (exact) mass is 408 g/mol. The molecule has 0 spiro atoms. The maximum atomic E-state index is 12.6. The number of amides is 1. The summed E-state index contributed by atoms with van der Waals surface area (Å²) in [6.45, 7) is 6.78. The van der Waals surface area contributed by atoms with Crippen LogP contribution in [0.5, 0.6) is 0 Å². The van der Waals surface area contributed by atoms with Crippen LogP contribution in [0.25, 0.3) is 0 Å². The van der Waals surface area contributed by atoms with Crippen LogP contribution in [-0.4, -0.2) is 63.2 Å². The third-order valence-corrected chi connectivity index (χ3v) is 6.56. The number of hydrogen-bond acceptors (Lipinski definition) is 4. The van der Waals surface area contributed by atoms with Crippen LogP contribution in [0, 0.1) is 0 Å². The van der Waals surface area contributed by atoms with Crippen LogP contribution in [0.1, 0.15) is 39.5 Å². The number of benzene rings is 1. The minimum atomic E-state index is -3.36. The van der Waals surface area contributed by atoms with Crippen molar-refractivity contribution in [3.8, 4) is 0 Å². The number of hydrogen-bond donors (Lipinski definition) is 2. The van der Waals surface area contributed by atoms with Gasteiger partial charge in [-0.05, 0) is 38.3 Å². The van der Waals surface area contributed by atoms with Gasteiger partial charge >= 0.3 is 0 Å². The summed E-state index contributed by atoms with van der Waals surface area (Å²) in [4.78, 5) is 18.4. The van der Waals surface area contributed by atoms with Gasteiger partial charge in [-0.15, -0.1) is 0 Å². The van der Waals surface area contributed by atoms with Crippen molar-refractivity contribution < 1.29 is 13.2 Å². The second kappa shape index (κ2) is 11.0. The van der Waals surface area contributed by atoms with Crippen molar-refractivity contribution in [3.05, 3.63) is 30.3 Å². The lowest BCUT2D eigenvalue weighted by Gasteiger charge is -2.20. The molecule has 0 saturated carbocycles. The van der Waals surface area contributed by atoms with Crippen LogP contribution in [0.4, 0.5) is 0 Å². The van der Waals surface area contributed by atoms with Crippen molar-refractivity contribution in [1.29, 1.82) is 0 Å². The van der Waals surface area contributed by atoms with E-state index in [1.54, 1.807) is 30.3 Å². The maximum Gasteiger partial charge on any atom is 0.222 e. The molecule has 1 aliphatic rings. The fraction of sp³-hybridized carbons (Fsp3) is 0.600. The molecule has 0 radical (unpaired) electrons. The van der Waals surface area contributed by atoms with E-state index in [-0.39, 0.29) is 17.7 Å². The summed E-state index contributed by atoms with van der Waals surface area (Å²) in [6, 6.07) is 8.29. The summed E-state index contributed by atoms with van der Waals surface area (Å²) < 4.78 is 25.3. The van der Waals surface area contributed by atoms with Gasteiger partial charge in [0.2, 0.25) is 5.91 Å². The summed E-state index contributed by atoms with van der Waals surface area (Å²) in [5, 5.41) is 6.42. The molecule has 1 heterocycles. The first kappa shape index (κ1) is 22.2. The zero-order valence-electron chi connectivity index (χ0n) is 16.9. The molecule has 1 fully saturated rings. The highest BCUT2D eigenvalue weighted by Gasteiger charge is 2.21. The van der Waals surface area contributed by atoms with E-state index in [0.29, 0.717) is 36.8 Å². The number of carbonyl (C=O) groups excluding carboxylic acids is 1. The van der Waals surface area contributed by atoms with E-state index in [1.807, 2.05) is 18.7 Å². The standard InChI is InChI=1S/C20H32N4O3S/c1-3-17(16-28(26,27)18-10-6-5-7-11-18)23-20(21-4-2)22-13-9-15-24-14-8-12-19(24)25/h5-7,10-11,17H,3-4,8-9,12-16H2,1-2H3,(H2,21,22,23). The molecule has 7 nitrogen and oxygen atoms in total. The van der Waals surface area contributed by atoms with Crippen molar-refractivity contribution in [2.45, 2.75) is 50.5 Å². The van der Waals surface area contributed by atoms with Gasteiger partial charge in [-0.3, -0.25) is 9.79 Å². The molecule has 1 aromatic rings. The van der Waals surface area contributed by atoms with Gasteiger partial charge in [0, 0.05) is 38.6 Å². The average Bonchev–Trinajstić information content (AvgIpc) is 3.10. The summed E-state index contributed by atoms with van der Waals surface area (Å²) in [5.41, 5.74) is 0. The van der Waals surface area contributed by atoms with E-state index in [1.165, 1.54) is 0 Å². The molecule has 0 aromatic heterocycles. The van der Waals surface area contributed by atoms with Crippen LogP contribution < -0.4 is 10.6 Å². The Morgan fingerprint density at radius 3 is 2.61 bits per heavy atom. The molecule has 2 N–H and O–H groups in total. The van der Waals surface area contributed by atoms with E-state index < -0.39 is 9.84 Å². The zero-order chi connectivity index (χ0) is 20.4. The number of guanidine groups is 1. The fourth-order valence-corrected chi connectivity index (χ4v) is 4.77. The lowest BCUT2D eigenvalue weighted by atomic mass is 10.2. The number of nitrogens with one attached hydrogen (secondary N) is 2. The Hall–Kier alpha value is -2.09. The van der Waals surface area contributed by atoms with Gasteiger partial charge in [0.05, 0.1) is 10.6 Å². The topological polar surface area (TPSA) is 90.9 Å². The first-order chi connectivity index (χ1) is 13.5. The van der Waals surface area contributed by atoms with Crippen molar-refractivity contribution in [2.24, 2.45) is 4.99 Å². The van der Waals surface area contributed by atoms with Crippen molar-refractivity contribution >= 4 is 21.7 Å². The Kier molecular flexibility index (Phi) is 8.76. The summed E-state index contributed by atoms with van der Waals surface area (Å²) in [7, 11) is -3.36. The second-order valence-corrected chi connectivity index (χ2v) is 8.98. The average molecular weight is 409 g/mol. The van der Waals surface area contributed by atoms with Crippen molar-refractivity contribution in [1.82, 2.24) is 15.5 Å². The highest BCUT2D eigenvalue weighted by Crippen LogP contribution is 2.12. The van der Waals surface area contributed by atoms with Gasteiger partial charge in [-0.2, -0.15) is 0 Å². The SMILES string of the molecule is CCNC(=NCCCN1CCCC1=O)NC(CC)CS(=O)(=O)c1ccccc1. The van der Waals surface area contributed by atoms with E-state index >= 15 is 0 Å². The first-order valence-corrected chi connectivity index (χ1v) is 11.7. The normalized spacial score (nSPS) is 16.3. The lowest BCUT2D eigenvalue weighted by Crippen LogP contribution is -2.46. The van der Waals surface area contributed by atoms with E-state index in [9.17, 15) is 13.2 Å². The molecular weight excluding hydrogens is 376 g/mol. The smallest absolute Gasteiger partial charge is 0.222 e. The van der Waals surface area contributed by atoms with Crippen molar-refractivity contribution in [2.75, 3.05) is 31.9 Å². The third kappa shape index (κ3) is 6.82. The summed E-state index contributed by atoms with van der Waals surface area (Å²) >= 11 is 0. The van der Waals surface area contributed by atoms with Gasteiger partial charge in [-0.1, -0.05) is 25.1 Å². The molecule has 1 aromatic carbocycles. The van der Waals surface area contributed by atoms with Gasteiger partial charge in [0.15, 0.2) is 15.8 Å². The molecule has 8 heteroatoms. The fourth-order valence-electron chi connectivity index (χ4n) is 3.16. The van der Waals surface area contributed by atoms with Crippen LogP contribution in [0.2, 0.25) is 0 Å². The molecule has 1 saturated heterocycles. The van der Waals surface area contributed by atoms with Crippen LogP contribution >= 0.6 is 0 Å². The molecule has 0 aliphatic carbocycles. The third-order valence-electron chi connectivity index (χ3n) is 4.73. The molecule has 156 valence electrons. The van der Waals surface area contributed by atoms with Gasteiger partial charge in [-0.25, -0.2) is 8.42 Å². The predicted molar refractivity (Wildman–Crippen MR) is 112 cm³/mol. The van der Waals surface area contributed by atoms with Gasteiger partial charge < -0.3 is 15.5 Å². The molecular formula is C20H32N4O3S. The molecule has 2 rings (SSSR count). The predicted octanol–water partition coefficient (Wildman–Crippen LogP) is 1.81. The number of likely N-dealkylation sites (tertiary alicyclic amines) is 1. The Balaban J connectivity index is 1.91.